The molecule has 1 aromatic heterocycles. The van der Waals surface area contributed by atoms with Gasteiger partial charge in [-0.25, -0.2) is 13.1 Å². The molecular formula is C18H20N2O5S2. The molecule has 2 aromatic rings. The van der Waals surface area contributed by atoms with Gasteiger partial charge in [0, 0.05) is 10.3 Å². The molecule has 0 aliphatic carbocycles. The zero-order valence-corrected chi connectivity index (χ0v) is 16.7. The van der Waals surface area contributed by atoms with E-state index in [1.165, 1.54) is 29.5 Å². The molecule has 1 atom stereocenters. The third kappa shape index (κ3) is 3.98. The molecule has 0 saturated carbocycles. The molecule has 3 rings (SSSR count). The van der Waals surface area contributed by atoms with E-state index in [2.05, 4.69) is 10.0 Å². The van der Waals surface area contributed by atoms with Gasteiger partial charge in [-0.3, -0.25) is 9.59 Å². The van der Waals surface area contributed by atoms with E-state index in [4.69, 9.17) is 4.74 Å². The number of sulfonamides is 1. The van der Waals surface area contributed by atoms with E-state index >= 15 is 0 Å². The summed E-state index contributed by atoms with van der Waals surface area (Å²) in [6.45, 7) is 5.81. The van der Waals surface area contributed by atoms with Crippen molar-refractivity contribution in [3.8, 4) is 5.75 Å². The van der Waals surface area contributed by atoms with Gasteiger partial charge in [-0.05, 0) is 36.6 Å². The smallest absolute Gasteiger partial charge is 0.265 e. The summed E-state index contributed by atoms with van der Waals surface area (Å²) in [6.07, 6.45) is -0.103. The molecule has 1 aliphatic rings. The lowest BCUT2D eigenvalue weighted by Crippen LogP contribution is -2.36. The van der Waals surface area contributed by atoms with Crippen LogP contribution in [0.1, 0.15) is 48.3 Å². The minimum atomic E-state index is -4.09. The highest BCUT2D eigenvalue weighted by Gasteiger charge is 2.28. The van der Waals surface area contributed by atoms with Crippen molar-refractivity contribution < 1.29 is 22.7 Å². The lowest BCUT2D eigenvalue weighted by molar-refractivity contribution is -0.123. The minimum absolute atomic E-state index is 0.132. The van der Waals surface area contributed by atoms with Crippen LogP contribution in [-0.2, 0) is 14.8 Å². The normalized spacial score (nSPS) is 16.4. The maximum Gasteiger partial charge on any atom is 0.265 e. The molecule has 9 heteroatoms. The van der Waals surface area contributed by atoms with Crippen molar-refractivity contribution in [3.05, 3.63) is 40.1 Å². The lowest BCUT2D eigenvalue weighted by atomic mass is 10.1. The van der Waals surface area contributed by atoms with Gasteiger partial charge in [0.25, 0.3) is 21.8 Å². The monoisotopic (exact) mass is 408 g/mol. The second-order valence-corrected chi connectivity index (χ2v) is 9.11. The number of benzene rings is 1. The summed E-state index contributed by atoms with van der Waals surface area (Å²) in [4.78, 5) is 25.1. The third-order valence-electron chi connectivity index (χ3n) is 4.13. The molecule has 2 N–H and O–H groups in total. The highest BCUT2D eigenvalue weighted by atomic mass is 32.2. The summed E-state index contributed by atoms with van der Waals surface area (Å²) in [5.74, 6) is -0.374. The van der Waals surface area contributed by atoms with Crippen LogP contribution in [-0.4, -0.2) is 26.3 Å². The Labute approximate surface area is 161 Å². The maximum absolute atomic E-state index is 12.6. The van der Waals surface area contributed by atoms with Crippen molar-refractivity contribution in [1.82, 2.24) is 4.72 Å². The number of hydrogen-bond acceptors (Lipinski definition) is 6. The maximum atomic E-state index is 12.6. The van der Waals surface area contributed by atoms with Crippen molar-refractivity contribution in [2.45, 2.75) is 44.1 Å². The van der Waals surface area contributed by atoms with E-state index < -0.39 is 22.0 Å². The first-order valence-electron chi connectivity index (χ1n) is 8.48. The Morgan fingerprint density at radius 3 is 2.70 bits per heavy atom. The predicted octanol–water partition coefficient (Wildman–Crippen LogP) is 3.10. The molecule has 0 fully saturated rings. The van der Waals surface area contributed by atoms with E-state index in [0.717, 1.165) is 4.88 Å². The number of amides is 2. The van der Waals surface area contributed by atoms with Crippen LogP contribution in [0, 0.1) is 0 Å². The third-order valence-corrected chi connectivity index (χ3v) is 6.69. The Hall–Kier alpha value is -2.39. The van der Waals surface area contributed by atoms with Crippen LogP contribution in [0.3, 0.4) is 0 Å². The fourth-order valence-electron chi connectivity index (χ4n) is 2.58. The summed E-state index contributed by atoms with van der Waals surface area (Å²) in [5.41, 5.74) is 0.560. The number of rotatable bonds is 5. The first-order chi connectivity index (χ1) is 12.7. The SMILES string of the molecule is CCC1Oc2ccc(S(=O)(=O)NC(=O)c3csc(C(C)C)c3)cc2NC1=O. The molecule has 27 heavy (non-hydrogen) atoms. The van der Waals surface area contributed by atoms with E-state index in [1.807, 2.05) is 20.8 Å². The molecule has 7 nitrogen and oxygen atoms in total. The van der Waals surface area contributed by atoms with Gasteiger partial charge >= 0.3 is 0 Å². The van der Waals surface area contributed by atoms with Crippen LogP contribution in [0.5, 0.6) is 5.75 Å². The van der Waals surface area contributed by atoms with E-state index in [9.17, 15) is 18.0 Å². The van der Waals surface area contributed by atoms with Gasteiger partial charge in [0.2, 0.25) is 0 Å². The van der Waals surface area contributed by atoms with E-state index in [1.54, 1.807) is 11.4 Å². The Morgan fingerprint density at radius 2 is 2.07 bits per heavy atom. The van der Waals surface area contributed by atoms with Gasteiger partial charge in [0.05, 0.1) is 16.1 Å². The molecule has 1 unspecified atom stereocenters. The van der Waals surface area contributed by atoms with Gasteiger partial charge in [0.1, 0.15) is 5.75 Å². The Bertz CT molecular complexity index is 995. The van der Waals surface area contributed by atoms with Crippen molar-refractivity contribution in [2.75, 3.05) is 5.32 Å². The molecule has 2 heterocycles. The van der Waals surface area contributed by atoms with Crippen LogP contribution in [0.25, 0.3) is 0 Å². The standard InChI is InChI=1S/C18H20N2O5S2/c1-4-14-18(22)19-13-8-12(5-6-15(13)25-14)27(23,24)20-17(21)11-7-16(10(2)3)26-9-11/h5-10,14H,4H2,1-3H3,(H,19,22)(H,20,21). The summed E-state index contributed by atoms with van der Waals surface area (Å²) < 4.78 is 32.7. The molecule has 0 bridgehead atoms. The van der Waals surface area contributed by atoms with Crippen molar-refractivity contribution >= 4 is 38.9 Å². The number of ether oxygens (including phenoxy) is 1. The number of anilines is 1. The number of fused-ring (bicyclic) bond motifs is 1. The number of carbonyl (C=O) groups excluding carboxylic acids is 2. The van der Waals surface area contributed by atoms with Crippen molar-refractivity contribution in [2.24, 2.45) is 0 Å². The largest absolute Gasteiger partial charge is 0.478 e. The van der Waals surface area contributed by atoms with Crippen LogP contribution in [0.2, 0.25) is 0 Å². The topological polar surface area (TPSA) is 102 Å². The zero-order chi connectivity index (χ0) is 19.8. The second kappa shape index (κ2) is 7.32. The molecule has 144 valence electrons. The Morgan fingerprint density at radius 1 is 1.33 bits per heavy atom. The number of thiophene rings is 1. The molecule has 2 amide bonds. The molecular weight excluding hydrogens is 388 g/mol. The van der Waals surface area contributed by atoms with E-state index in [-0.39, 0.29) is 22.4 Å². The molecule has 0 saturated heterocycles. The predicted molar refractivity (Wildman–Crippen MR) is 103 cm³/mol. The highest BCUT2D eigenvalue weighted by Crippen LogP contribution is 2.32. The summed E-state index contributed by atoms with van der Waals surface area (Å²) in [5, 5.41) is 4.27. The first-order valence-corrected chi connectivity index (χ1v) is 10.8. The van der Waals surface area contributed by atoms with Crippen LogP contribution >= 0.6 is 11.3 Å². The fraction of sp³-hybridized carbons (Fsp3) is 0.333. The summed E-state index contributed by atoms with van der Waals surface area (Å²) in [6, 6.07) is 5.78. The second-order valence-electron chi connectivity index (χ2n) is 6.49. The van der Waals surface area contributed by atoms with Crippen LogP contribution < -0.4 is 14.8 Å². The fourth-order valence-corrected chi connectivity index (χ4v) is 4.49. The van der Waals surface area contributed by atoms with Crippen molar-refractivity contribution in [1.29, 1.82) is 0 Å². The number of hydrogen-bond donors (Lipinski definition) is 2. The van der Waals surface area contributed by atoms with Gasteiger partial charge < -0.3 is 10.1 Å². The van der Waals surface area contributed by atoms with Crippen LogP contribution in [0.4, 0.5) is 5.69 Å². The number of carbonyl (C=O) groups is 2. The highest BCUT2D eigenvalue weighted by molar-refractivity contribution is 7.90. The minimum Gasteiger partial charge on any atom is -0.478 e. The lowest BCUT2D eigenvalue weighted by Gasteiger charge is -2.25. The average Bonchev–Trinajstić information content (AvgIpc) is 3.11. The van der Waals surface area contributed by atoms with Gasteiger partial charge in [-0.2, -0.15) is 0 Å². The Kier molecular flexibility index (Phi) is 5.25. The van der Waals surface area contributed by atoms with E-state index in [0.29, 0.717) is 17.7 Å². The zero-order valence-electron chi connectivity index (χ0n) is 15.1. The molecule has 1 aliphatic heterocycles. The quantitative estimate of drug-likeness (QED) is 0.792. The Balaban J connectivity index is 1.82. The average molecular weight is 409 g/mol. The molecule has 0 spiro atoms. The van der Waals surface area contributed by atoms with Gasteiger partial charge in [-0.1, -0.05) is 20.8 Å². The number of nitrogens with one attached hydrogen (secondary N) is 2. The molecule has 0 radical (unpaired) electrons. The van der Waals surface area contributed by atoms with Crippen LogP contribution in [0.15, 0.2) is 34.5 Å². The van der Waals surface area contributed by atoms with Gasteiger partial charge in [-0.15, -0.1) is 11.3 Å². The van der Waals surface area contributed by atoms with Gasteiger partial charge in [0.15, 0.2) is 6.10 Å². The molecule has 1 aromatic carbocycles. The first kappa shape index (κ1) is 19.4. The summed E-state index contributed by atoms with van der Waals surface area (Å²) >= 11 is 1.41. The van der Waals surface area contributed by atoms with Crippen molar-refractivity contribution in [3.63, 3.8) is 0 Å². The summed E-state index contributed by atoms with van der Waals surface area (Å²) in [7, 11) is -4.09.